The van der Waals surface area contributed by atoms with Crippen LogP contribution in [0.2, 0.25) is 0 Å². The van der Waals surface area contributed by atoms with Crippen LogP contribution in [0.1, 0.15) is 27.3 Å². The summed E-state index contributed by atoms with van der Waals surface area (Å²) in [4.78, 5) is 12.6. The Morgan fingerprint density at radius 1 is 1.14 bits per heavy atom. The molecule has 0 aliphatic carbocycles. The van der Waals surface area contributed by atoms with E-state index in [0.29, 0.717) is 29.4 Å². The van der Waals surface area contributed by atoms with Gasteiger partial charge in [0.1, 0.15) is 18.2 Å². The predicted octanol–water partition coefficient (Wildman–Crippen LogP) is 4.33. The molecule has 0 aliphatic heterocycles. The van der Waals surface area contributed by atoms with Crippen molar-refractivity contribution in [1.82, 2.24) is 9.78 Å². The van der Waals surface area contributed by atoms with Gasteiger partial charge >= 0.3 is 0 Å². The maximum atomic E-state index is 12.6. The molecule has 0 bridgehead atoms. The number of aromatic nitrogens is 2. The zero-order chi connectivity index (χ0) is 20.8. The summed E-state index contributed by atoms with van der Waals surface area (Å²) < 4.78 is 12.5. The number of rotatable bonds is 6. The topological polar surface area (TPSA) is 77.1 Å². The SMILES string of the molecule is COc1cc(/C=C(\C#N)C(=O)n2nc(C)cc2C)ccc1OCc1ccccc1. The van der Waals surface area contributed by atoms with Gasteiger partial charge in [-0.05, 0) is 49.2 Å². The summed E-state index contributed by atoms with van der Waals surface area (Å²) in [6.45, 7) is 3.98. The predicted molar refractivity (Wildman–Crippen MR) is 110 cm³/mol. The van der Waals surface area contributed by atoms with Crippen molar-refractivity contribution < 1.29 is 14.3 Å². The van der Waals surface area contributed by atoms with Gasteiger partial charge in [-0.25, -0.2) is 4.68 Å². The fourth-order valence-corrected chi connectivity index (χ4v) is 2.89. The van der Waals surface area contributed by atoms with Gasteiger partial charge < -0.3 is 9.47 Å². The molecule has 146 valence electrons. The molecule has 0 saturated heterocycles. The minimum atomic E-state index is -0.471. The van der Waals surface area contributed by atoms with E-state index >= 15 is 0 Å². The second-order valence-electron chi connectivity index (χ2n) is 6.50. The summed E-state index contributed by atoms with van der Waals surface area (Å²) in [6, 6.07) is 18.8. The van der Waals surface area contributed by atoms with Gasteiger partial charge in [0, 0.05) is 5.69 Å². The lowest BCUT2D eigenvalue weighted by atomic mass is 10.1. The average Bonchev–Trinajstić information content (AvgIpc) is 3.08. The van der Waals surface area contributed by atoms with Gasteiger partial charge in [0.05, 0.1) is 12.8 Å². The first-order chi connectivity index (χ1) is 14.0. The molecule has 1 aromatic heterocycles. The Morgan fingerprint density at radius 3 is 2.52 bits per heavy atom. The maximum absolute atomic E-state index is 12.6. The lowest BCUT2D eigenvalue weighted by Gasteiger charge is -2.11. The summed E-state index contributed by atoms with van der Waals surface area (Å²) in [5.41, 5.74) is 3.07. The van der Waals surface area contributed by atoms with Gasteiger partial charge in [-0.1, -0.05) is 36.4 Å². The minimum absolute atomic E-state index is 0.0174. The van der Waals surface area contributed by atoms with E-state index in [0.717, 1.165) is 11.3 Å². The number of allylic oxidation sites excluding steroid dienone is 1. The molecule has 6 heteroatoms. The number of carbonyl (C=O) groups is 1. The normalized spacial score (nSPS) is 11.0. The number of nitriles is 1. The van der Waals surface area contributed by atoms with Gasteiger partial charge in [0.25, 0.3) is 5.91 Å². The molecule has 0 radical (unpaired) electrons. The Labute approximate surface area is 169 Å². The first-order valence-corrected chi connectivity index (χ1v) is 9.06. The zero-order valence-corrected chi connectivity index (χ0v) is 16.5. The number of carbonyl (C=O) groups excluding carboxylic acids is 1. The maximum Gasteiger partial charge on any atom is 0.289 e. The summed E-state index contributed by atoms with van der Waals surface area (Å²) in [5.74, 6) is 0.629. The third-order valence-corrected chi connectivity index (χ3v) is 4.29. The molecule has 0 saturated carbocycles. The molecular formula is C23H21N3O3. The van der Waals surface area contributed by atoms with Crippen LogP contribution in [0.3, 0.4) is 0 Å². The van der Waals surface area contributed by atoms with Crippen molar-refractivity contribution in [2.24, 2.45) is 0 Å². The van der Waals surface area contributed by atoms with Gasteiger partial charge in [0.15, 0.2) is 11.5 Å². The molecule has 2 aromatic carbocycles. The molecule has 0 N–H and O–H groups in total. The van der Waals surface area contributed by atoms with Crippen molar-refractivity contribution in [3.63, 3.8) is 0 Å². The monoisotopic (exact) mass is 387 g/mol. The second-order valence-corrected chi connectivity index (χ2v) is 6.50. The van der Waals surface area contributed by atoms with Crippen molar-refractivity contribution in [2.75, 3.05) is 7.11 Å². The van der Waals surface area contributed by atoms with Crippen LogP contribution in [0.5, 0.6) is 11.5 Å². The van der Waals surface area contributed by atoms with Crippen LogP contribution in [-0.2, 0) is 6.61 Å². The Balaban J connectivity index is 1.83. The lowest BCUT2D eigenvalue weighted by molar-refractivity contribution is 0.0943. The van der Waals surface area contributed by atoms with Crippen LogP contribution < -0.4 is 9.47 Å². The molecule has 29 heavy (non-hydrogen) atoms. The summed E-state index contributed by atoms with van der Waals surface area (Å²) in [6.07, 6.45) is 1.52. The number of ether oxygens (including phenoxy) is 2. The summed E-state index contributed by atoms with van der Waals surface area (Å²) in [7, 11) is 1.55. The van der Waals surface area contributed by atoms with E-state index in [1.165, 1.54) is 10.8 Å². The molecule has 6 nitrogen and oxygen atoms in total. The standard InChI is InChI=1S/C23H21N3O3/c1-16-11-17(2)26(25-16)23(27)20(14-24)12-19-9-10-21(22(13-19)28-3)29-15-18-7-5-4-6-8-18/h4-13H,15H2,1-3H3/b20-12+. The third kappa shape index (κ3) is 4.71. The Bertz CT molecular complexity index is 1090. The summed E-state index contributed by atoms with van der Waals surface area (Å²) in [5, 5.41) is 13.6. The van der Waals surface area contributed by atoms with Gasteiger partial charge in [-0.2, -0.15) is 10.4 Å². The number of nitrogens with zero attached hydrogens (tertiary/aromatic N) is 3. The molecule has 0 spiro atoms. The smallest absolute Gasteiger partial charge is 0.289 e. The fourth-order valence-electron chi connectivity index (χ4n) is 2.89. The van der Waals surface area contributed by atoms with Crippen molar-refractivity contribution in [2.45, 2.75) is 20.5 Å². The highest BCUT2D eigenvalue weighted by Crippen LogP contribution is 2.29. The Hall–Kier alpha value is -3.85. The molecule has 0 fully saturated rings. The van der Waals surface area contributed by atoms with E-state index in [4.69, 9.17) is 9.47 Å². The molecule has 1 heterocycles. The number of benzene rings is 2. The largest absolute Gasteiger partial charge is 0.493 e. The first kappa shape index (κ1) is 19.9. The van der Waals surface area contributed by atoms with Crippen LogP contribution in [0.15, 0.2) is 60.2 Å². The molecule has 0 unspecified atom stereocenters. The number of hydrogen-bond acceptors (Lipinski definition) is 5. The number of methoxy groups -OCH3 is 1. The number of aryl methyl sites for hydroxylation is 2. The van der Waals surface area contributed by atoms with Crippen LogP contribution in [-0.4, -0.2) is 22.8 Å². The highest BCUT2D eigenvalue weighted by molar-refractivity contribution is 6.03. The van der Waals surface area contributed by atoms with Crippen molar-refractivity contribution in [3.8, 4) is 17.6 Å². The van der Waals surface area contributed by atoms with Gasteiger partial charge in [0.2, 0.25) is 0 Å². The second kappa shape index (κ2) is 8.89. The molecule has 0 aliphatic rings. The molecular weight excluding hydrogens is 366 g/mol. The van der Waals surface area contributed by atoms with E-state index in [2.05, 4.69) is 5.10 Å². The van der Waals surface area contributed by atoms with E-state index in [-0.39, 0.29) is 5.57 Å². The Morgan fingerprint density at radius 2 is 1.90 bits per heavy atom. The van der Waals surface area contributed by atoms with Crippen LogP contribution in [0.4, 0.5) is 0 Å². The van der Waals surface area contributed by atoms with Gasteiger partial charge in [-0.3, -0.25) is 4.79 Å². The third-order valence-electron chi connectivity index (χ3n) is 4.29. The molecule has 3 aromatic rings. The quantitative estimate of drug-likeness (QED) is 0.465. The lowest BCUT2D eigenvalue weighted by Crippen LogP contribution is -2.15. The highest BCUT2D eigenvalue weighted by Gasteiger charge is 2.16. The van der Waals surface area contributed by atoms with Crippen LogP contribution in [0.25, 0.3) is 6.08 Å². The Kier molecular flexibility index (Phi) is 6.10. The zero-order valence-electron chi connectivity index (χ0n) is 16.5. The van der Waals surface area contributed by atoms with E-state index in [1.54, 1.807) is 45.2 Å². The highest BCUT2D eigenvalue weighted by atomic mass is 16.5. The van der Waals surface area contributed by atoms with Crippen molar-refractivity contribution in [1.29, 1.82) is 5.26 Å². The van der Waals surface area contributed by atoms with Gasteiger partial charge in [-0.15, -0.1) is 0 Å². The van der Waals surface area contributed by atoms with Crippen molar-refractivity contribution >= 4 is 12.0 Å². The van der Waals surface area contributed by atoms with Crippen molar-refractivity contribution in [3.05, 3.63) is 82.7 Å². The molecule has 0 amide bonds. The fraction of sp³-hybridized carbons (Fsp3) is 0.174. The van der Waals surface area contributed by atoms with E-state index in [9.17, 15) is 10.1 Å². The average molecular weight is 387 g/mol. The minimum Gasteiger partial charge on any atom is -0.493 e. The summed E-state index contributed by atoms with van der Waals surface area (Å²) >= 11 is 0. The number of hydrogen-bond donors (Lipinski definition) is 0. The first-order valence-electron chi connectivity index (χ1n) is 9.06. The van der Waals surface area contributed by atoms with E-state index < -0.39 is 5.91 Å². The molecule has 3 rings (SSSR count). The molecule has 0 atom stereocenters. The van der Waals surface area contributed by atoms with Crippen LogP contribution in [0, 0.1) is 25.2 Å². The van der Waals surface area contributed by atoms with Crippen LogP contribution >= 0.6 is 0 Å². The van der Waals surface area contributed by atoms with E-state index in [1.807, 2.05) is 36.4 Å².